The minimum Gasteiger partial charge on any atom is -0.385 e. The molecule has 0 bridgehead atoms. The Morgan fingerprint density at radius 3 is 2.71 bits per heavy atom. The van der Waals surface area contributed by atoms with Crippen LogP contribution in [0.1, 0.15) is 18.9 Å². The predicted molar refractivity (Wildman–Crippen MR) is 54.7 cm³/mol. The molecule has 0 aliphatic carbocycles. The van der Waals surface area contributed by atoms with E-state index in [9.17, 15) is 9.50 Å². The fraction of sp³-hybridized carbons (Fsp3) is 0.400. The lowest BCUT2D eigenvalue weighted by Gasteiger charge is -2.23. The average molecular weight is 218 g/mol. The van der Waals surface area contributed by atoms with E-state index in [0.717, 1.165) is 0 Å². The third-order valence-electron chi connectivity index (χ3n) is 2.17. The Bertz CT molecular complexity index is 328. The van der Waals surface area contributed by atoms with Crippen molar-refractivity contribution < 1.29 is 9.50 Å². The van der Waals surface area contributed by atoms with E-state index in [-0.39, 0.29) is 5.02 Å². The number of rotatable bonds is 3. The van der Waals surface area contributed by atoms with Crippen LogP contribution < -0.4 is 5.73 Å². The summed E-state index contributed by atoms with van der Waals surface area (Å²) in [7, 11) is 0. The molecule has 0 heterocycles. The maximum absolute atomic E-state index is 13.1. The summed E-state index contributed by atoms with van der Waals surface area (Å²) in [5.74, 6) is -0.526. The van der Waals surface area contributed by atoms with Gasteiger partial charge in [-0.3, -0.25) is 0 Å². The molecule has 0 amide bonds. The van der Waals surface area contributed by atoms with Crippen LogP contribution in [0.3, 0.4) is 0 Å². The average Bonchev–Trinajstić information content (AvgIpc) is 2.09. The minimum atomic E-state index is -1.10. The standard InChI is InChI=1S/C10H13ClFNO/c1-10(14,4-5-13)7-2-3-8(11)9(12)6-7/h2-3,6,14H,4-5,13H2,1H3. The third kappa shape index (κ3) is 2.44. The molecule has 1 aromatic rings. The highest BCUT2D eigenvalue weighted by molar-refractivity contribution is 6.30. The van der Waals surface area contributed by atoms with Crippen LogP contribution in [0.15, 0.2) is 18.2 Å². The molecule has 0 saturated carbocycles. The van der Waals surface area contributed by atoms with Gasteiger partial charge in [-0.1, -0.05) is 17.7 Å². The van der Waals surface area contributed by atoms with Crippen molar-refractivity contribution in [3.05, 3.63) is 34.6 Å². The van der Waals surface area contributed by atoms with E-state index in [1.165, 1.54) is 12.1 Å². The second-order valence-electron chi connectivity index (χ2n) is 3.44. The quantitative estimate of drug-likeness (QED) is 0.814. The summed E-state index contributed by atoms with van der Waals surface area (Å²) in [5.41, 5.74) is 4.73. The van der Waals surface area contributed by atoms with Crippen molar-refractivity contribution in [2.45, 2.75) is 18.9 Å². The summed E-state index contributed by atoms with van der Waals surface area (Å²) in [6, 6.07) is 4.26. The maximum Gasteiger partial charge on any atom is 0.142 e. The SMILES string of the molecule is CC(O)(CCN)c1ccc(Cl)c(F)c1. The van der Waals surface area contributed by atoms with Crippen molar-refractivity contribution in [1.82, 2.24) is 0 Å². The van der Waals surface area contributed by atoms with E-state index in [4.69, 9.17) is 17.3 Å². The summed E-state index contributed by atoms with van der Waals surface area (Å²) in [6.45, 7) is 1.94. The van der Waals surface area contributed by atoms with Gasteiger partial charge >= 0.3 is 0 Å². The van der Waals surface area contributed by atoms with Gasteiger partial charge in [-0.25, -0.2) is 4.39 Å². The van der Waals surface area contributed by atoms with Gasteiger partial charge in [0, 0.05) is 0 Å². The van der Waals surface area contributed by atoms with Crippen LogP contribution in [0.5, 0.6) is 0 Å². The van der Waals surface area contributed by atoms with Gasteiger partial charge in [0.15, 0.2) is 0 Å². The molecule has 1 aromatic carbocycles. The maximum atomic E-state index is 13.1. The zero-order chi connectivity index (χ0) is 10.8. The molecular weight excluding hydrogens is 205 g/mol. The van der Waals surface area contributed by atoms with Crippen molar-refractivity contribution in [2.24, 2.45) is 5.73 Å². The summed E-state index contributed by atoms with van der Waals surface area (Å²) in [6.07, 6.45) is 0.383. The number of benzene rings is 1. The summed E-state index contributed by atoms with van der Waals surface area (Å²) >= 11 is 5.53. The predicted octanol–water partition coefficient (Wildman–Crippen LogP) is 2.04. The number of hydrogen-bond donors (Lipinski definition) is 2. The van der Waals surface area contributed by atoms with Crippen LogP contribution in [-0.2, 0) is 5.60 Å². The first-order valence-electron chi connectivity index (χ1n) is 4.35. The van der Waals surface area contributed by atoms with E-state index in [2.05, 4.69) is 0 Å². The lowest BCUT2D eigenvalue weighted by molar-refractivity contribution is 0.0501. The molecule has 1 rings (SSSR count). The fourth-order valence-corrected chi connectivity index (χ4v) is 1.37. The van der Waals surface area contributed by atoms with Gasteiger partial charge in [-0.15, -0.1) is 0 Å². The van der Waals surface area contributed by atoms with Gasteiger partial charge in [0.1, 0.15) is 5.82 Å². The highest BCUT2D eigenvalue weighted by Crippen LogP contribution is 2.26. The fourth-order valence-electron chi connectivity index (χ4n) is 1.26. The first-order chi connectivity index (χ1) is 6.47. The molecule has 0 spiro atoms. The van der Waals surface area contributed by atoms with Gasteiger partial charge in [-0.05, 0) is 37.6 Å². The molecule has 78 valence electrons. The van der Waals surface area contributed by atoms with Gasteiger partial charge in [0.2, 0.25) is 0 Å². The van der Waals surface area contributed by atoms with Crippen molar-refractivity contribution in [1.29, 1.82) is 0 Å². The second kappa shape index (κ2) is 4.26. The Balaban J connectivity index is 3.01. The molecule has 0 fully saturated rings. The molecule has 1 atom stereocenters. The molecule has 0 radical (unpaired) electrons. The molecular formula is C10H13ClFNO. The van der Waals surface area contributed by atoms with Crippen LogP contribution in [0.25, 0.3) is 0 Å². The molecule has 4 heteroatoms. The molecule has 0 saturated heterocycles. The van der Waals surface area contributed by atoms with Gasteiger partial charge in [0.25, 0.3) is 0 Å². The van der Waals surface area contributed by atoms with E-state index < -0.39 is 11.4 Å². The van der Waals surface area contributed by atoms with Crippen LogP contribution in [0.4, 0.5) is 4.39 Å². The molecule has 1 unspecified atom stereocenters. The lowest BCUT2D eigenvalue weighted by Crippen LogP contribution is -2.25. The zero-order valence-corrected chi connectivity index (χ0v) is 8.68. The Morgan fingerprint density at radius 2 is 2.21 bits per heavy atom. The lowest BCUT2D eigenvalue weighted by atomic mass is 9.92. The van der Waals surface area contributed by atoms with Crippen molar-refractivity contribution in [3.8, 4) is 0 Å². The molecule has 0 aliphatic rings. The molecule has 14 heavy (non-hydrogen) atoms. The van der Waals surface area contributed by atoms with Gasteiger partial charge < -0.3 is 10.8 Å². The van der Waals surface area contributed by atoms with Gasteiger partial charge in [-0.2, -0.15) is 0 Å². The third-order valence-corrected chi connectivity index (χ3v) is 2.48. The summed E-state index contributed by atoms with van der Waals surface area (Å²) in [4.78, 5) is 0. The topological polar surface area (TPSA) is 46.2 Å². The minimum absolute atomic E-state index is 0.0531. The van der Waals surface area contributed by atoms with Crippen LogP contribution in [0.2, 0.25) is 5.02 Å². The molecule has 3 N–H and O–H groups in total. The molecule has 0 aliphatic heterocycles. The van der Waals surface area contributed by atoms with E-state index in [1.807, 2.05) is 0 Å². The van der Waals surface area contributed by atoms with Crippen LogP contribution in [-0.4, -0.2) is 11.7 Å². The number of nitrogens with two attached hydrogens (primary N) is 1. The Morgan fingerprint density at radius 1 is 1.57 bits per heavy atom. The first-order valence-corrected chi connectivity index (χ1v) is 4.73. The molecule has 2 nitrogen and oxygen atoms in total. The van der Waals surface area contributed by atoms with Crippen molar-refractivity contribution >= 4 is 11.6 Å². The zero-order valence-electron chi connectivity index (χ0n) is 7.93. The first kappa shape index (κ1) is 11.4. The summed E-state index contributed by atoms with van der Waals surface area (Å²) < 4.78 is 13.1. The normalized spacial score (nSPS) is 15.2. The molecule has 0 aromatic heterocycles. The van der Waals surface area contributed by atoms with Crippen LogP contribution >= 0.6 is 11.6 Å². The van der Waals surface area contributed by atoms with Crippen molar-refractivity contribution in [2.75, 3.05) is 6.54 Å². The number of halogens is 2. The Hall–Kier alpha value is -0.640. The van der Waals surface area contributed by atoms with Gasteiger partial charge in [0.05, 0.1) is 10.6 Å². The monoisotopic (exact) mass is 217 g/mol. The Kier molecular flexibility index (Phi) is 3.48. The van der Waals surface area contributed by atoms with Crippen LogP contribution in [0, 0.1) is 5.82 Å². The largest absolute Gasteiger partial charge is 0.385 e. The highest BCUT2D eigenvalue weighted by atomic mass is 35.5. The number of hydrogen-bond acceptors (Lipinski definition) is 2. The van der Waals surface area contributed by atoms with E-state index in [0.29, 0.717) is 18.5 Å². The van der Waals surface area contributed by atoms with E-state index in [1.54, 1.807) is 13.0 Å². The smallest absolute Gasteiger partial charge is 0.142 e. The highest BCUT2D eigenvalue weighted by Gasteiger charge is 2.22. The second-order valence-corrected chi connectivity index (χ2v) is 3.85. The Labute approximate surface area is 87.5 Å². The van der Waals surface area contributed by atoms with E-state index >= 15 is 0 Å². The summed E-state index contributed by atoms with van der Waals surface area (Å²) in [5, 5.41) is 9.96. The number of aliphatic hydroxyl groups is 1. The van der Waals surface area contributed by atoms with Crippen molar-refractivity contribution in [3.63, 3.8) is 0 Å².